The summed E-state index contributed by atoms with van der Waals surface area (Å²) >= 11 is 0. The van der Waals surface area contributed by atoms with Crippen LogP contribution in [0.3, 0.4) is 0 Å². The van der Waals surface area contributed by atoms with Gasteiger partial charge in [0.25, 0.3) is 10.0 Å². The molecule has 0 saturated heterocycles. The summed E-state index contributed by atoms with van der Waals surface area (Å²) in [6.45, 7) is 10.4. The number of sulfonamides is 1. The van der Waals surface area contributed by atoms with E-state index >= 15 is 0 Å². The van der Waals surface area contributed by atoms with Crippen LogP contribution in [0.4, 0.5) is 0 Å². The van der Waals surface area contributed by atoms with Gasteiger partial charge in [-0.3, -0.25) is 0 Å². The Balaban J connectivity index is 1.78. The minimum atomic E-state index is -3.77. The number of fused-ring (bicyclic) bond motifs is 1. The SMILES string of the molecule is Cc1ccc(S(=O)(=O)N2Cc3cn(S(=O)(=O)c4ccc(C)cc4)c([Si](C)(C)C)c3C2)cc1. The first-order chi connectivity index (χ1) is 14.8. The van der Waals surface area contributed by atoms with Gasteiger partial charge in [-0.2, -0.15) is 4.31 Å². The van der Waals surface area contributed by atoms with Crippen molar-refractivity contribution in [1.82, 2.24) is 8.28 Å². The fraction of sp³-hybridized carbons (Fsp3) is 0.304. The van der Waals surface area contributed by atoms with Crippen LogP contribution in [0.15, 0.2) is 64.5 Å². The summed E-state index contributed by atoms with van der Waals surface area (Å²) in [5.74, 6) is 0. The lowest BCUT2D eigenvalue weighted by molar-refractivity contribution is 0.430. The van der Waals surface area contributed by atoms with E-state index in [2.05, 4.69) is 19.6 Å². The number of aromatic nitrogens is 1. The second-order valence-corrected chi connectivity index (χ2v) is 18.2. The molecule has 0 saturated carbocycles. The Morgan fingerprint density at radius 3 is 1.66 bits per heavy atom. The maximum Gasteiger partial charge on any atom is 0.267 e. The Labute approximate surface area is 191 Å². The van der Waals surface area contributed by atoms with Crippen molar-refractivity contribution in [2.75, 3.05) is 0 Å². The second-order valence-electron chi connectivity index (χ2n) is 9.43. The van der Waals surface area contributed by atoms with Crippen LogP contribution in [-0.4, -0.2) is 33.2 Å². The normalized spacial score (nSPS) is 15.2. The molecule has 0 atom stereocenters. The highest BCUT2D eigenvalue weighted by atomic mass is 32.2. The molecule has 6 nitrogen and oxygen atoms in total. The van der Waals surface area contributed by atoms with Gasteiger partial charge in [-0.25, -0.2) is 20.8 Å². The Morgan fingerprint density at radius 2 is 1.19 bits per heavy atom. The topological polar surface area (TPSA) is 76.5 Å². The van der Waals surface area contributed by atoms with E-state index < -0.39 is 28.1 Å². The molecule has 0 radical (unpaired) electrons. The monoisotopic (exact) mass is 488 g/mol. The molecule has 0 amide bonds. The standard InChI is InChI=1S/C23H28N2O4S2Si/c1-17-6-10-20(11-7-17)30(26,27)24-14-19-15-25(23(22(19)16-24)32(3,4)5)31(28,29)21-12-8-18(2)9-13-21/h6-13,15H,14,16H2,1-5H3. The van der Waals surface area contributed by atoms with Gasteiger partial charge in [-0.1, -0.05) is 55.0 Å². The predicted octanol–water partition coefficient (Wildman–Crippen LogP) is 3.59. The lowest BCUT2D eigenvalue weighted by Gasteiger charge is -2.23. The highest BCUT2D eigenvalue weighted by molar-refractivity contribution is 7.90. The third kappa shape index (κ3) is 3.87. The van der Waals surface area contributed by atoms with Gasteiger partial charge in [0.1, 0.15) is 8.07 Å². The van der Waals surface area contributed by atoms with Gasteiger partial charge in [0, 0.05) is 24.6 Å². The van der Waals surface area contributed by atoms with Crippen LogP contribution >= 0.6 is 0 Å². The molecule has 3 aromatic rings. The van der Waals surface area contributed by atoms with Crippen LogP contribution in [0.5, 0.6) is 0 Å². The predicted molar refractivity (Wildman–Crippen MR) is 129 cm³/mol. The van der Waals surface area contributed by atoms with Crippen molar-refractivity contribution < 1.29 is 16.8 Å². The number of hydrogen-bond donors (Lipinski definition) is 0. The highest BCUT2D eigenvalue weighted by Gasteiger charge is 2.39. The Kier molecular flexibility index (Phi) is 5.52. The molecule has 9 heteroatoms. The van der Waals surface area contributed by atoms with E-state index in [1.165, 1.54) is 8.28 Å². The molecular formula is C23H28N2O4S2Si. The lowest BCUT2D eigenvalue weighted by atomic mass is 10.2. The van der Waals surface area contributed by atoms with Gasteiger partial charge >= 0.3 is 0 Å². The van der Waals surface area contributed by atoms with Crippen LogP contribution in [0, 0.1) is 13.8 Å². The minimum Gasteiger partial charge on any atom is -0.250 e. The molecule has 0 fully saturated rings. The smallest absolute Gasteiger partial charge is 0.250 e. The molecule has 0 N–H and O–H groups in total. The van der Waals surface area contributed by atoms with Crippen molar-refractivity contribution in [2.45, 2.75) is 56.4 Å². The van der Waals surface area contributed by atoms with Gasteiger partial charge in [-0.15, -0.1) is 0 Å². The second kappa shape index (κ2) is 7.69. The highest BCUT2D eigenvalue weighted by Crippen LogP contribution is 2.31. The van der Waals surface area contributed by atoms with E-state index in [9.17, 15) is 16.8 Å². The first kappa shape index (κ1) is 23.0. The summed E-state index contributed by atoms with van der Waals surface area (Å²) in [6, 6.07) is 13.6. The zero-order valence-corrected chi connectivity index (χ0v) is 21.6. The summed E-state index contributed by atoms with van der Waals surface area (Å²) in [5, 5.41) is 0.759. The number of rotatable bonds is 5. The Hall–Kier alpha value is -2.20. The molecule has 0 unspecified atom stereocenters. The van der Waals surface area contributed by atoms with E-state index in [1.54, 1.807) is 54.7 Å². The van der Waals surface area contributed by atoms with Crippen LogP contribution < -0.4 is 5.32 Å². The third-order valence-electron chi connectivity index (χ3n) is 5.80. The zero-order valence-electron chi connectivity index (χ0n) is 19.0. The van der Waals surface area contributed by atoms with Crippen LogP contribution in [0.2, 0.25) is 19.6 Å². The maximum absolute atomic E-state index is 13.5. The summed E-state index contributed by atoms with van der Waals surface area (Å²) in [4.78, 5) is 0.489. The van der Waals surface area contributed by atoms with Gasteiger partial charge in [0.15, 0.2) is 0 Å². The molecule has 4 rings (SSSR count). The summed E-state index contributed by atoms with van der Waals surface area (Å²) in [7, 11) is -9.59. The quantitative estimate of drug-likeness (QED) is 0.514. The zero-order chi connectivity index (χ0) is 23.5. The van der Waals surface area contributed by atoms with E-state index in [1.807, 2.05) is 13.8 Å². The largest absolute Gasteiger partial charge is 0.267 e. The summed E-state index contributed by atoms with van der Waals surface area (Å²) < 4.78 is 56.3. The van der Waals surface area contributed by atoms with Crippen molar-refractivity contribution >= 4 is 33.4 Å². The van der Waals surface area contributed by atoms with Crippen LogP contribution in [0.1, 0.15) is 22.3 Å². The lowest BCUT2D eigenvalue weighted by Crippen LogP contribution is -2.47. The first-order valence-corrected chi connectivity index (χ1v) is 16.8. The van der Waals surface area contributed by atoms with Gasteiger partial charge in [-0.05, 0) is 49.2 Å². The number of nitrogens with zero attached hydrogens (tertiary/aromatic N) is 2. The third-order valence-corrected chi connectivity index (χ3v) is 11.4. The van der Waals surface area contributed by atoms with Gasteiger partial charge in [0.2, 0.25) is 10.0 Å². The Bertz CT molecular complexity index is 1380. The molecule has 1 aliphatic heterocycles. The van der Waals surface area contributed by atoms with E-state index in [4.69, 9.17) is 0 Å². The van der Waals surface area contributed by atoms with Crippen molar-refractivity contribution in [3.63, 3.8) is 0 Å². The molecule has 1 aromatic heterocycles. The van der Waals surface area contributed by atoms with E-state index in [-0.39, 0.29) is 22.9 Å². The fourth-order valence-electron chi connectivity index (χ4n) is 4.13. The number of aryl methyl sites for hydroxylation is 2. The van der Waals surface area contributed by atoms with E-state index in [0.717, 1.165) is 27.6 Å². The Morgan fingerprint density at radius 1 is 0.719 bits per heavy atom. The molecule has 2 heterocycles. The fourth-order valence-corrected chi connectivity index (χ4v) is 9.89. The molecule has 170 valence electrons. The number of hydrogen-bond acceptors (Lipinski definition) is 4. The summed E-state index contributed by atoms with van der Waals surface area (Å²) in [5.41, 5.74) is 3.57. The average Bonchev–Trinajstić information content (AvgIpc) is 3.27. The van der Waals surface area contributed by atoms with E-state index in [0.29, 0.717) is 0 Å². The molecule has 2 aromatic carbocycles. The molecule has 1 aliphatic rings. The maximum atomic E-state index is 13.5. The molecular weight excluding hydrogens is 460 g/mol. The molecule has 0 aliphatic carbocycles. The molecule has 32 heavy (non-hydrogen) atoms. The first-order valence-electron chi connectivity index (χ1n) is 10.4. The molecule has 0 bridgehead atoms. The van der Waals surface area contributed by atoms with Gasteiger partial charge in [0.05, 0.1) is 9.79 Å². The minimum absolute atomic E-state index is 0.166. The van der Waals surface area contributed by atoms with Crippen molar-refractivity contribution in [1.29, 1.82) is 0 Å². The van der Waals surface area contributed by atoms with Crippen molar-refractivity contribution in [3.8, 4) is 0 Å². The van der Waals surface area contributed by atoms with Crippen LogP contribution in [-0.2, 0) is 33.1 Å². The van der Waals surface area contributed by atoms with Crippen LogP contribution in [0.25, 0.3) is 0 Å². The van der Waals surface area contributed by atoms with Gasteiger partial charge < -0.3 is 0 Å². The number of benzene rings is 2. The molecule has 0 spiro atoms. The average molecular weight is 489 g/mol. The summed E-state index contributed by atoms with van der Waals surface area (Å²) in [6.07, 6.45) is 1.63. The van der Waals surface area contributed by atoms with Crippen molar-refractivity contribution in [2.24, 2.45) is 0 Å². The van der Waals surface area contributed by atoms with Crippen molar-refractivity contribution in [3.05, 3.63) is 77.0 Å².